The van der Waals surface area contributed by atoms with E-state index in [1.807, 2.05) is 25.1 Å². The normalized spacial score (nSPS) is 18.9. The maximum absolute atomic E-state index is 12.2. The van der Waals surface area contributed by atoms with Gasteiger partial charge in [-0.3, -0.25) is 9.69 Å². The summed E-state index contributed by atoms with van der Waals surface area (Å²) in [4.78, 5) is 14.4. The van der Waals surface area contributed by atoms with E-state index >= 15 is 0 Å². The fourth-order valence-electron chi connectivity index (χ4n) is 2.85. The van der Waals surface area contributed by atoms with E-state index < -0.39 is 0 Å². The minimum absolute atomic E-state index is 0.0236. The summed E-state index contributed by atoms with van der Waals surface area (Å²) in [5.41, 5.74) is 1.97. The summed E-state index contributed by atoms with van der Waals surface area (Å²) >= 11 is 3.48. The molecule has 0 saturated carbocycles. The first kappa shape index (κ1) is 16.5. The Bertz CT molecular complexity index is 493. The molecule has 2 N–H and O–H groups in total. The monoisotopic (exact) mass is 354 g/mol. The number of rotatable bonds is 6. The van der Waals surface area contributed by atoms with Gasteiger partial charge in [-0.05, 0) is 72.8 Å². The van der Waals surface area contributed by atoms with Gasteiger partial charge in [0.15, 0.2) is 0 Å². The Labute approximate surface area is 134 Å². The van der Waals surface area contributed by atoms with Crippen molar-refractivity contribution >= 4 is 27.5 Å². The standard InChI is InChI=1S/C16H23BrN2O2/c1-12-6-7-15(14(17)10-12)18-16(21)11-19-8-2-4-13(19)5-3-9-20/h6-7,10,13,20H,2-5,8-9,11H2,1H3,(H,18,21). The molecule has 0 spiro atoms. The van der Waals surface area contributed by atoms with Crippen LogP contribution >= 0.6 is 15.9 Å². The van der Waals surface area contributed by atoms with Crippen molar-refractivity contribution in [3.05, 3.63) is 28.2 Å². The number of aliphatic hydroxyl groups excluding tert-OH is 1. The second kappa shape index (κ2) is 7.92. The van der Waals surface area contributed by atoms with E-state index in [2.05, 4.69) is 26.1 Å². The zero-order valence-electron chi connectivity index (χ0n) is 12.4. The van der Waals surface area contributed by atoms with Crippen LogP contribution < -0.4 is 5.32 Å². The van der Waals surface area contributed by atoms with Crippen LogP contribution in [0.5, 0.6) is 0 Å². The molecule has 4 nitrogen and oxygen atoms in total. The average molecular weight is 355 g/mol. The van der Waals surface area contributed by atoms with Gasteiger partial charge in [0.2, 0.25) is 5.91 Å². The van der Waals surface area contributed by atoms with Crippen molar-refractivity contribution in [1.82, 2.24) is 4.90 Å². The summed E-state index contributed by atoms with van der Waals surface area (Å²) in [5.74, 6) is 0.0236. The third-order valence-electron chi connectivity index (χ3n) is 3.94. The number of nitrogens with one attached hydrogen (secondary N) is 1. The maximum atomic E-state index is 12.2. The second-order valence-electron chi connectivity index (χ2n) is 5.66. The van der Waals surface area contributed by atoms with Gasteiger partial charge in [0.05, 0.1) is 12.2 Å². The van der Waals surface area contributed by atoms with Crippen molar-refractivity contribution in [3.63, 3.8) is 0 Å². The molecule has 0 radical (unpaired) electrons. The van der Waals surface area contributed by atoms with E-state index in [1.54, 1.807) is 0 Å². The van der Waals surface area contributed by atoms with Crippen LogP contribution in [0.1, 0.15) is 31.2 Å². The number of likely N-dealkylation sites (tertiary alicyclic amines) is 1. The molecule has 1 fully saturated rings. The zero-order chi connectivity index (χ0) is 15.2. The predicted molar refractivity (Wildman–Crippen MR) is 88.4 cm³/mol. The molecule has 1 saturated heterocycles. The van der Waals surface area contributed by atoms with Gasteiger partial charge < -0.3 is 10.4 Å². The van der Waals surface area contributed by atoms with Crippen molar-refractivity contribution in [2.24, 2.45) is 0 Å². The van der Waals surface area contributed by atoms with Crippen LogP contribution in [-0.4, -0.2) is 41.7 Å². The van der Waals surface area contributed by atoms with Gasteiger partial charge in [0.25, 0.3) is 0 Å². The van der Waals surface area contributed by atoms with Gasteiger partial charge in [-0.1, -0.05) is 6.07 Å². The molecule has 116 valence electrons. The summed E-state index contributed by atoms with van der Waals surface area (Å²) in [6.07, 6.45) is 4.05. The summed E-state index contributed by atoms with van der Waals surface area (Å²) in [5, 5.41) is 11.9. The number of anilines is 1. The lowest BCUT2D eigenvalue weighted by molar-refractivity contribution is -0.117. The molecule has 1 atom stereocenters. The van der Waals surface area contributed by atoms with E-state index in [-0.39, 0.29) is 12.5 Å². The average Bonchev–Trinajstić information content (AvgIpc) is 2.87. The van der Waals surface area contributed by atoms with Crippen molar-refractivity contribution < 1.29 is 9.90 Å². The van der Waals surface area contributed by atoms with Gasteiger partial charge >= 0.3 is 0 Å². The highest BCUT2D eigenvalue weighted by Gasteiger charge is 2.25. The van der Waals surface area contributed by atoms with Crippen molar-refractivity contribution in [2.75, 3.05) is 25.0 Å². The van der Waals surface area contributed by atoms with Crippen LogP contribution in [0, 0.1) is 6.92 Å². The van der Waals surface area contributed by atoms with Gasteiger partial charge in [0.1, 0.15) is 0 Å². The Kier molecular flexibility index (Phi) is 6.21. The lowest BCUT2D eigenvalue weighted by Gasteiger charge is -2.23. The van der Waals surface area contributed by atoms with E-state index in [9.17, 15) is 4.79 Å². The number of aliphatic hydroxyl groups is 1. The van der Waals surface area contributed by atoms with E-state index in [1.165, 1.54) is 0 Å². The van der Waals surface area contributed by atoms with Crippen molar-refractivity contribution in [1.29, 1.82) is 0 Å². The Morgan fingerprint density at radius 1 is 1.52 bits per heavy atom. The smallest absolute Gasteiger partial charge is 0.238 e. The van der Waals surface area contributed by atoms with E-state index in [0.717, 1.165) is 48.0 Å². The first-order valence-electron chi connectivity index (χ1n) is 7.51. The summed E-state index contributed by atoms with van der Waals surface area (Å²) in [6, 6.07) is 6.34. The van der Waals surface area contributed by atoms with Crippen LogP contribution in [0.3, 0.4) is 0 Å². The molecule has 1 aliphatic rings. The zero-order valence-corrected chi connectivity index (χ0v) is 14.0. The summed E-state index contributed by atoms with van der Waals surface area (Å²) in [6.45, 7) is 3.65. The quantitative estimate of drug-likeness (QED) is 0.825. The van der Waals surface area contributed by atoms with E-state index in [0.29, 0.717) is 12.6 Å². The third-order valence-corrected chi connectivity index (χ3v) is 4.60. The fraction of sp³-hybridized carbons (Fsp3) is 0.562. The number of nitrogens with zero attached hydrogens (tertiary/aromatic N) is 1. The molecule has 0 bridgehead atoms. The van der Waals surface area contributed by atoms with Crippen LogP contribution in [0.25, 0.3) is 0 Å². The third kappa shape index (κ3) is 4.80. The lowest BCUT2D eigenvalue weighted by atomic mass is 10.1. The number of halogens is 1. The molecule has 21 heavy (non-hydrogen) atoms. The molecule has 0 aromatic heterocycles. The fourth-order valence-corrected chi connectivity index (χ4v) is 3.45. The molecule has 5 heteroatoms. The number of carbonyl (C=O) groups is 1. The Balaban J connectivity index is 1.89. The molecular weight excluding hydrogens is 332 g/mol. The predicted octanol–water partition coefficient (Wildman–Crippen LogP) is 2.93. The molecule has 1 amide bonds. The van der Waals surface area contributed by atoms with Gasteiger partial charge in [-0.15, -0.1) is 0 Å². The SMILES string of the molecule is Cc1ccc(NC(=O)CN2CCCC2CCCO)c(Br)c1. The molecule has 2 rings (SSSR count). The first-order valence-corrected chi connectivity index (χ1v) is 8.30. The topological polar surface area (TPSA) is 52.6 Å². The molecule has 1 heterocycles. The van der Waals surface area contributed by atoms with Crippen LogP contribution in [-0.2, 0) is 4.79 Å². The highest BCUT2D eigenvalue weighted by atomic mass is 79.9. The lowest BCUT2D eigenvalue weighted by Crippen LogP contribution is -2.37. The number of hydrogen-bond donors (Lipinski definition) is 2. The Morgan fingerprint density at radius 2 is 2.33 bits per heavy atom. The molecule has 0 aliphatic carbocycles. The number of amides is 1. The number of carbonyl (C=O) groups excluding carboxylic acids is 1. The van der Waals surface area contributed by atoms with Crippen molar-refractivity contribution in [2.45, 2.75) is 38.6 Å². The number of benzene rings is 1. The van der Waals surface area contributed by atoms with Gasteiger partial charge in [-0.25, -0.2) is 0 Å². The largest absolute Gasteiger partial charge is 0.396 e. The molecular formula is C16H23BrN2O2. The van der Waals surface area contributed by atoms with Gasteiger partial charge in [-0.2, -0.15) is 0 Å². The molecule has 1 unspecified atom stereocenters. The van der Waals surface area contributed by atoms with E-state index in [4.69, 9.17) is 5.11 Å². The molecule has 1 aliphatic heterocycles. The summed E-state index contributed by atoms with van der Waals surface area (Å²) < 4.78 is 0.911. The minimum atomic E-state index is 0.0236. The maximum Gasteiger partial charge on any atom is 0.238 e. The Hall–Kier alpha value is -0.910. The van der Waals surface area contributed by atoms with Crippen LogP contribution in [0.2, 0.25) is 0 Å². The highest BCUT2D eigenvalue weighted by molar-refractivity contribution is 9.10. The molecule has 1 aromatic rings. The van der Waals surface area contributed by atoms with Crippen molar-refractivity contribution in [3.8, 4) is 0 Å². The molecule has 1 aromatic carbocycles. The highest BCUT2D eigenvalue weighted by Crippen LogP contribution is 2.24. The van der Waals surface area contributed by atoms with Crippen LogP contribution in [0.4, 0.5) is 5.69 Å². The second-order valence-corrected chi connectivity index (χ2v) is 6.52. The summed E-state index contributed by atoms with van der Waals surface area (Å²) in [7, 11) is 0. The first-order chi connectivity index (χ1) is 10.1. The number of aryl methyl sites for hydroxylation is 1. The van der Waals surface area contributed by atoms with Crippen LogP contribution in [0.15, 0.2) is 22.7 Å². The van der Waals surface area contributed by atoms with Gasteiger partial charge in [0, 0.05) is 17.1 Å². The Morgan fingerprint density at radius 3 is 3.05 bits per heavy atom. The number of hydrogen-bond acceptors (Lipinski definition) is 3. The minimum Gasteiger partial charge on any atom is -0.396 e.